The number of likely N-dealkylation sites (tertiary alicyclic amines) is 1. The first-order chi connectivity index (χ1) is 7.72. The Labute approximate surface area is 112 Å². The van der Waals surface area contributed by atoms with Gasteiger partial charge < -0.3 is 10.2 Å². The van der Waals surface area contributed by atoms with Gasteiger partial charge in [-0.25, -0.2) is 0 Å². The normalized spacial score (nSPS) is 19.5. The summed E-state index contributed by atoms with van der Waals surface area (Å²) in [5.74, 6) is 0.940. The van der Waals surface area contributed by atoms with E-state index in [4.69, 9.17) is 0 Å². The van der Waals surface area contributed by atoms with Crippen LogP contribution in [0, 0.1) is 5.92 Å². The maximum atomic E-state index is 12.2. The van der Waals surface area contributed by atoms with Crippen molar-refractivity contribution < 1.29 is 4.79 Å². The van der Waals surface area contributed by atoms with Gasteiger partial charge in [-0.05, 0) is 25.8 Å². The van der Waals surface area contributed by atoms with E-state index in [2.05, 4.69) is 24.1 Å². The zero-order chi connectivity index (χ0) is 12.0. The van der Waals surface area contributed by atoms with Crippen molar-refractivity contribution in [2.75, 3.05) is 20.1 Å². The third-order valence-corrected chi connectivity index (χ3v) is 3.76. The average molecular weight is 263 g/mol. The van der Waals surface area contributed by atoms with Gasteiger partial charge in [-0.3, -0.25) is 4.79 Å². The number of hydrogen-bond acceptors (Lipinski definition) is 2. The van der Waals surface area contributed by atoms with Gasteiger partial charge in [0.1, 0.15) is 0 Å². The number of nitrogens with zero attached hydrogens (tertiary/aromatic N) is 1. The summed E-state index contributed by atoms with van der Waals surface area (Å²) >= 11 is 0. The summed E-state index contributed by atoms with van der Waals surface area (Å²) < 4.78 is 0. The summed E-state index contributed by atoms with van der Waals surface area (Å²) in [4.78, 5) is 14.2. The van der Waals surface area contributed by atoms with Crippen LogP contribution in [0.3, 0.4) is 0 Å². The van der Waals surface area contributed by atoms with Gasteiger partial charge in [-0.1, -0.05) is 26.7 Å². The molecule has 0 aliphatic carbocycles. The molecule has 1 atom stereocenters. The van der Waals surface area contributed by atoms with Gasteiger partial charge in [0, 0.05) is 25.6 Å². The highest BCUT2D eigenvalue weighted by molar-refractivity contribution is 5.85. The van der Waals surface area contributed by atoms with Gasteiger partial charge in [-0.15, -0.1) is 12.4 Å². The molecule has 1 aliphatic heterocycles. The third-order valence-electron chi connectivity index (χ3n) is 3.76. The van der Waals surface area contributed by atoms with Gasteiger partial charge in [0.25, 0.3) is 0 Å². The van der Waals surface area contributed by atoms with Crippen molar-refractivity contribution in [2.45, 2.75) is 52.0 Å². The Kier molecular flexibility index (Phi) is 8.61. The number of carbonyl (C=O) groups excluding carboxylic acids is 1. The van der Waals surface area contributed by atoms with Crippen LogP contribution in [0.2, 0.25) is 0 Å². The summed E-state index contributed by atoms with van der Waals surface area (Å²) in [6.45, 7) is 6.26. The van der Waals surface area contributed by atoms with Crippen LogP contribution in [0.5, 0.6) is 0 Å². The minimum absolute atomic E-state index is 0. The van der Waals surface area contributed by atoms with Crippen LogP contribution in [0.4, 0.5) is 0 Å². The monoisotopic (exact) mass is 262 g/mol. The predicted octanol–water partition coefficient (Wildman–Crippen LogP) is 2.44. The lowest BCUT2D eigenvalue weighted by atomic mass is 9.98. The van der Waals surface area contributed by atoms with Crippen LogP contribution in [-0.4, -0.2) is 37.0 Å². The minimum atomic E-state index is 0. The molecule has 1 aliphatic rings. The maximum absolute atomic E-state index is 12.2. The van der Waals surface area contributed by atoms with Crippen LogP contribution in [-0.2, 0) is 4.79 Å². The quantitative estimate of drug-likeness (QED) is 0.798. The molecule has 4 heteroatoms. The van der Waals surface area contributed by atoms with Gasteiger partial charge >= 0.3 is 0 Å². The summed E-state index contributed by atoms with van der Waals surface area (Å²) in [5.41, 5.74) is 0. The molecular weight excluding hydrogens is 236 g/mol. The van der Waals surface area contributed by atoms with Crippen LogP contribution < -0.4 is 5.32 Å². The van der Waals surface area contributed by atoms with E-state index in [1.54, 1.807) is 0 Å². The maximum Gasteiger partial charge on any atom is 0.223 e. The Morgan fingerprint density at radius 3 is 2.59 bits per heavy atom. The lowest BCUT2D eigenvalue weighted by Crippen LogP contribution is -2.41. The molecule has 0 aromatic heterocycles. The van der Waals surface area contributed by atoms with Crippen LogP contribution in [0.25, 0.3) is 0 Å². The van der Waals surface area contributed by atoms with E-state index in [-0.39, 0.29) is 12.4 Å². The summed E-state index contributed by atoms with van der Waals surface area (Å²) in [5, 5.41) is 3.18. The highest BCUT2D eigenvalue weighted by Gasteiger charge is 2.28. The largest absolute Gasteiger partial charge is 0.338 e. The smallest absolute Gasteiger partial charge is 0.223 e. The van der Waals surface area contributed by atoms with Crippen LogP contribution in [0.1, 0.15) is 46.0 Å². The van der Waals surface area contributed by atoms with E-state index in [1.807, 2.05) is 7.05 Å². The van der Waals surface area contributed by atoms with Gasteiger partial charge in [0.05, 0.1) is 0 Å². The van der Waals surface area contributed by atoms with Crippen molar-refractivity contribution >= 4 is 18.3 Å². The Morgan fingerprint density at radius 2 is 2.06 bits per heavy atom. The molecule has 0 spiro atoms. The second-order valence-electron chi connectivity index (χ2n) is 4.83. The molecule has 1 saturated heterocycles. The number of amides is 1. The lowest BCUT2D eigenvalue weighted by molar-refractivity contribution is -0.133. The number of halogens is 1. The van der Waals surface area contributed by atoms with Crippen molar-refractivity contribution in [3.63, 3.8) is 0 Å². The first-order valence-electron chi connectivity index (χ1n) is 6.66. The number of nitrogens with one attached hydrogen (secondary N) is 1. The SMILES string of the molecule is CCC(CC)CC(=O)N1CCCC1CNC.Cl. The molecule has 1 heterocycles. The van der Waals surface area contributed by atoms with Crippen molar-refractivity contribution in [3.05, 3.63) is 0 Å². The molecule has 3 nitrogen and oxygen atoms in total. The standard InChI is InChI=1S/C13H26N2O.ClH/c1-4-11(5-2)9-13(16)15-8-6-7-12(15)10-14-3;/h11-12,14H,4-10H2,1-3H3;1H. The average Bonchev–Trinajstić information content (AvgIpc) is 2.74. The van der Waals surface area contributed by atoms with Crippen molar-refractivity contribution in [2.24, 2.45) is 5.92 Å². The second kappa shape index (κ2) is 8.76. The number of hydrogen-bond donors (Lipinski definition) is 1. The Morgan fingerprint density at radius 1 is 1.41 bits per heavy atom. The van der Waals surface area contributed by atoms with Crippen LogP contribution in [0.15, 0.2) is 0 Å². The van der Waals surface area contributed by atoms with E-state index in [9.17, 15) is 4.79 Å². The van der Waals surface area contributed by atoms with E-state index in [0.717, 1.165) is 38.8 Å². The van der Waals surface area contributed by atoms with E-state index in [0.29, 0.717) is 17.9 Å². The zero-order valence-electron chi connectivity index (χ0n) is 11.4. The molecule has 1 N–H and O–H groups in total. The number of likely N-dealkylation sites (N-methyl/N-ethyl adjacent to an activating group) is 1. The number of rotatable bonds is 6. The Hall–Kier alpha value is -0.280. The molecule has 1 fully saturated rings. The molecule has 17 heavy (non-hydrogen) atoms. The fraction of sp³-hybridized carbons (Fsp3) is 0.923. The molecule has 1 unspecified atom stereocenters. The van der Waals surface area contributed by atoms with E-state index in [1.165, 1.54) is 6.42 Å². The first kappa shape index (κ1) is 16.7. The van der Waals surface area contributed by atoms with Crippen molar-refractivity contribution in [1.82, 2.24) is 10.2 Å². The summed E-state index contributed by atoms with van der Waals surface area (Å²) in [6.07, 6.45) is 5.31. The zero-order valence-corrected chi connectivity index (χ0v) is 12.2. The third kappa shape index (κ3) is 4.84. The lowest BCUT2D eigenvalue weighted by Gasteiger charge is -2.26. The van der Waals surface area contributed by atoms with E-state index < -0.39 is 0 Å². The highest BCUT2D eigenvalue weighted by atomic mass is 35.5. The van der Waals surface area contributed by atoms with Crippen molar-refractivity contribution in [1.29, 1.82) is 0 Å². The molecule has 1 rings (SSSR count). The Bertz CT molecular complexity index is 219. The highest BCUT2D eigenvalue weighted by Crippen LogP contribution is 2.21. The summed E-state index contributed by atoms with van der Waals surface area (Å²) in [6, 6.07) is 0.437. The predicted molar refractivity (Wildman–Crippen MR) is 74.6 cm³/mol. The van der Waals surface area contributed by atoms with Gasteiger partial charge in [-0.2, -0.15) is 0 Å². The Balaban J connectivity index is 0.00000256. The fourth-order valence-corrected chi connectivity index (χ4v) is 2.55. The molecule has 0 aromatic carbocycles. The topological polar surface area (TPSA) is 32.3 Å². The van der Waals surface area contributed by atoms with Crippen LogP contribution >= 0.6 is 12.4 Å². The molecular formula is C13H27ClN2O. The first-order valence-corrected chi connectivity index (χ1v) is 6.66. The second-order valence-corrected chi connectivity index (χ2v) is 4.83. The molecule has 0 bridgehead atoms. The van der Waals surface area contributed by atoms with Gasteiger partial charge in [0.2, 0.25) is 5.91 Å². The van der Waals surface area contributed by atoms with Crippen molar-refractivity contribution in [3.8, 4) is 0 Å². The van der Waals surface area contributed by atoms with E-state index >= 15 is 0 Å². The molecule has 0 aromatic rings. The molecule has 1 amide bonds. The molecule has 0 saturated carbocycles. The minimum Gasteiger partial charge on any atom is -0.338 e. The summed E-state index contributed by atoms with van der Waals surface area (Å²) in [7, 11) is 1.96. The molecule has 0 radical (unpaired) electrons. The molecule has 102 valence electrons. The number of carbonyl (C=O) groups is 1. The fourth-order valence-electron chi connectivity index (χ4n) is 2.55. The van der Waals surface area contributed by atoms with Gasteiger partial charge in [0.15, 0.2) is 0 Å².